The van der Waals surface area contributed by atoms with Gasteiger partial charge in [-0.3, -0.25) is 5.43 Å². The van der Waals surface area contributed by atoms with Crippen LogP contribution < -0.4 is 11.1 Å². The molecule has 7 nitrogen and oxygen atoms in total. The Kier molecular flexibility index (Phi) is 5.13. The summed E-state index contributed by atoms with van der Waals surface area (Å²) in [6.07, 6.45) is 0. The second-order valence-corrected chi connectivity index (χ2v) is 6.45. The molecule has 3 rings (SSSR count). The van der Waals surface area contributed by atoms with Crippen molar-refractivity contribution in [1.29, 1.82) is 0 Å². The number of anilines is 1. The molecule has 3 aromatic rings. The van der Waals surface area contributed by atoms with Gasteiger partial charge in [-0.15, -0.1) is 0 Å². The lowest BCUT2D eigenvalue weighted by atomic mass is 10.1. The molecule has 2 aromatic heterocycles. The number of para-hydroxylation sites is 1. The fraction of sp³-hybridized carbons (Fsp3) is 0.222. The van der Waals surface area contributed by atoms with Gasteiger partial charge in [-0.05, 0) is 32.9 Å². The molecule has 0 aliphatic carbocycles. The van der Waals surface area contributed by atoms with Crippen LogP contribution in [-0.4, -0.2) is 23.3 Å². The monoisotopic (exact) mass is 371 g/mol. The molecular weight excluding hydrogens is 354 g/mol. The van der Waals surface area contributed by atoms with Crippen LogP contribution in [0, 0.1) is 6.92 Å². The summed E-state index contributed by atoms with van der Waals surface area (Å²) in [6.45, 7) is 5.47. The zero-order valence-corrected chi connectivity index (χ0v) is 15.3. The van der Waals surface area contributed by atoms with E-state index in [2.05, 4.69) is 15.5 Å². The van der Waals surface area contributed by atoms with E-state index in [1.807, 2.05) is 12.1 Å². The highest BCUT2D eigenvalue weighted by molar-refractivity contribution is 7.17. The highest BCUT2D eigenvalue weighted by Gasteiger charge is 2.16. The number of esters is 1. The van der Waals surface area contributed by atoms with Crippen LogP contribution in [0.5, 0.6) is 0 Å². The van der Waals surface area contributed by atoms with E-state index >= 15 is 0 Å². The van der Waals surface area contributed by atoms with Gasteiger partial charge >= 0.3 is 11.6 Å². The molecule has 0 amide bonds. The van der Waals surface area contributed by atoms with Gasteiger partial charge in [0.05, 0.1) is 23.6 Å². The Morgan fingerprint density at radius 1 is 1.38 bits per heavy atom. The number of hydrogen-bond acceptors (Lipinski definition) is 8. The minimum Gasteiger partial charge on any atom is -0.462 e. The Hall–Kier alpha value is -3.00. The largest absolute Gasteiger partial charge is 0.462 e. The van der Waals surface area contributed by atoms with E-state index in [1.165, 1.54) is 0 Å². The van der Waals surface area contributed by atoms with Crippen LogP contribution >= 0.6 is 11.3 Å². The number of aromatic nitrogens is 1. The number of ether oxygens (including phenoxy) is 1. The van der Waals surface area contributed by atoms with Crippen molar-refractivity contribution in [2.24, 2.45) is 5.10 Å². The summed E-state index contributed by atoms with van der Waals surface area (Å²) in [5, 5.41) is 5.45. The van der Waals surface area contributed by atoms with Gasteiger partial charge in [-0.2, -0.15) is 5.10 Å². The number of carbonyl (C=O) groups is 1. The van der Waals surface area contributed by atoms with E-state index in [1.54, 1.807) is 39.0 Å². The number of rotatable bonds is 5. The summed E-state index contributed by atoms with van der Waals surface area (Å²) < 4.78 is 10.3. The number of hydrogen-bond donors (Lipinski definition) is 1. The first-order valence-electron chi connectivity index (χ1n) is 7.97. The van der Waals surface area contributed by atoms with Gasteiger partial charge < -0.3 is 9.15 Å². The maximum absolute atomic E-state index is 12.2. The van der Waals surface area contributed by atoms with Crippen molar-refractivity contribution < 1.29 is 13.9 Å². The van der Waals surface area contributed by atoms with Crippen LogP contribution in [0.3, 0.4) is 0 Å². The normalized spacial score (nSPS) is 11.6. The van der Waals surface area contributed by atoms with Crippen molar-refractivity contribution >= 4 is 39.1 Å². The molecule has 1 N–H and O–H groups in total. The van der Waals surface area contributed by atoms with Gasteiger partial charge in [-0.1, -0.05) is 29.5 Å². The van der Waals surface area contributed by atoms with Gasteiger partial charge in [0.1, 0.15) is 10.5 Å². The molecule has 0 aliphatic heterocycles. The third-order valence-electron chi connectivity index (χ3n) is 3.61. The summed E-state index contributed by atoms with van der Waals surface area (Å²) in [4.78, 5) is 28.7. The van der Waals surface area contributed by atoms with E-state index < -0.39 is 11.6 Å². The highest BCUT2D eigenvalue weighted by Crippen LogP contribution is 2.23. The van der Waals surface area contributed by atoms with Gasteiger partial charge in [-0.25, -0.2) is 14.6 Å². The molecular formula is C18H17N3O4S. The average Bonchev–Trinajstić information content (AvgIpc) is 3.00. The number of hydrazone groups is 1. The summed E-state index contributed by atoms with van der Waals surface area (Å²) in [5.41, 5.74) is 4.22. The Morgan fingerprint density at radius 3 is 2.92 bits per heavy atom. The SMILES string of the molecule is CCOC(=O)c1sc(N/N=C(\C)c2cc3ccccc3oc2=O)nc1C. The molecule has 1 aromatic carbocycles. The summed E-state index contributed by atoms with van der Waals surface area (Å²) in [6, 6.07) is 9.00. The van der Waals surface area contributed by atoms with E-state index in [4.69, 9.17) is 9.15 Å². The zero-order valence-electron chi connectivity index (χ0n) is 14.5. The predicted octanol–water partition coefficient (Wildman–Crippen LogP) is 3.57. The third kappa shape index (κ3) is 3.65. The van der Waals surface area contributed by atoms with Crippen molar-refractivity contribution in [2.75, 3.05) is 12.0 Å². The van der Waals surface area contributed by atoms with Crippen LogP contribution in [0.15, 0.2) is 44.6 Å². The molecule has 0 atom stereocenters. The second kappa shape index (κ2) is 7.49. The predicted molar refractivity (Wildman–Crippen MR) is 101 cm³/mol. The summed E-state index contributed by atoms with van der Waals surface area (Å²) in [7, 11) is 0. The van der Waals surface area contributed by atoms with Crippen LogP contribution in [0.25, 0.3) is 11.0 Å². The first kappa shape index (κ1) is 17.8. The van der Waals surface area contributed by atoms with E-state index in [-0.39, 0.29) is 0 Å². The van der Waals surface area contributed by atoms with Gasteiger partial charge in [0, 0.05) is 5.39 Å². The molecule has 0 saturated carbocycles. The summed E-state index contributed by atoms with van der Waals surface area (Å²) >= 11 is 1.15. The molecule has 0 saturated heterocycles. The van der Waals surface area contributed by atoms with E-state index in [9.17, 15) is 9.59 Å². The average molecular weight is 371 g/mol. The smallest absolute Gasteiger partial charge is 0.350 e. The number of benzene rings is 1. The molecule has 0 fully saturated rings. The number of fused-ring (bicyclic) bond motifs is 1. The van der Waals surface area contributed by atoms with Crippen molar-refractivity contribution in [3.63, 3.8) is 0 Å². The number of thiazole rings is 1. The third-order valence-corrected chi connectivity index (χ3v) is 4.65. The number of aryl methyl sites for hydroxylation is 1. The Balaban J connectivity index is 1.85. The van der Waals surface area contributed by atoms with Crippen LogP contribution in [0.2, 0.25) is 0 Å². The van der Waals surface area contributed by atoms with Gasteiger partial charge in [0.15, 0.2) is 0 Å². The summed E-state index contributed by atoms with van der Waals surface area (Å²) in [5.74, 6) is -0.411. The van der Waals surface area contributed by atoms with Gasteiger partial charge in [0.2, 0.25) is 5.13 Å². The van der Waals surface area contributed by atoms with E-state index in [0.717, 1.165) is 16.7 Å². The van der Waals surface area contributed by atoms with Crippen LogP contribution in [-0.2, 0) is 4.74 Å². The molecule has 0 aliphatic rings. The van der Waals surface area contributed by atoms with Gasteiger partial charge in [0.25, 0.3) is 0 Å². The molecule has 2 heterocycles. The molecule has 0 unspecified atom stereocenters. The maximum Gasteiger partial charge on any atom is 0.350 e. The minimum absolute atomic E-state index is 0.300. The maximum atomic E-state index is 12.2. The van der Waals surface area contributed by atoms with Crippen molar-refractivity contribution in [1.82, 2.24) is 4.98 Å². The lowest BCUT2D eigenvalue weighted by molar-refractivity contribution is 0.0531. The first-order valence-corrected chi connectivity index (χ1v) is 8.79. The fourth-order valence-electron chi connectivity index (χ4n) is 2.34. The lowest BCUT2D eigenvalue weighted by Crippen LogP contribution is -2.13. The molecule has 0 bridgehead atoms. The molecule has 8 heteroatoms. The van der Waals surface area contributed by atoms with E-state index in [0.29, 0.717) is 39.2 Å². The zero-order chi connectivity index (χ0) is 18.7. The van der Waals surface area contributed by atoms with Crippen LogP contribution in [0.1, 0.15) is 34.8 Å². The minimum atomic E-state index is -0.464. The topological polar surface area (TPSA) is 93.8 Å². The standard InChI is InChI=1S/C18H17N3O4S/c1-4-24-17(23)15-11(3)19-18(26-15)21-20-10(2)13-9-12-7-5-6-8-14(12)25-16(13)22/h5-9H,4H2,1-3H3,(H,19,21)/b20-10+. The quantitative estimate of drug-likeness (QED) is 0.319. The Morgan fingerprint density at radius 2 is 2.15 bits per heavy atom. The number of nitrogens with one attached hydrogen (secondary N) is 1. The highest BCUT2D eigenvalue weighted by atomic mass is 32.1. The lowest BCUT2D eigenvalue weighted by Gasteiger charge is -2.02. The Labute approximate surface area is 153 Å². The molecule has 134 valence electrons. The first-order chi connectivity index (χ1) is 12.5. The van der Waals surface area contributed by atoms with Crippen molar-refractivity contribution in [3.8, 4) is 0 Å². The molecule has 0 radical (unpaired) electrons. The Bertz CT molecular complexity index is 1050. The fourth-order valence-corrected chi connectivity index (χ4v) is 3.14. The molecule has 26 heavy (non-hydrogen) atoms. The number of nitrogens with zero attached hydrogens (tertiary/aromatic N) is 2. The second-order valence-electron chi connectivity index (χ2n) is 5.45. The number of carbonyl (C=O) groups excluding carboxylic acids is 1. The van der Waals surface area contributed by atoms with Crippen LogP contribution in [0.4, 0.5) is 5.13 Å². The van der Waals surface area contributed by atoms with Crippen molar-refractivity contribution in [2.45, 2.75) is 20.8 Å². The van der Waals surface area contributed by atoms with Crippen molar-refractivity contribution in [3.05, 3.63) is 56.9 Å². The molecule has 0 spiro atoms.